The van der Waals surface area contributed by atoms with E-state index in [4.69, 9.17) is 4.74 Å². The largest absolute Gasteiger partial charge is 0.499 e. The average molecular weight is 404 g/mol. The number of anilines is 1. The molecule has 1 saturated heterocycles. The zero-order chi connectivity index (χ0) is 20.4. The number of nitrogens with zero attached hydrogens (tertiary/aromatic N) is 1. The monoisotopic (exact) mass is 404 g/mol. The number of aromatic nitrogens is 1. The molecule has 0 amide bonds. The van der Waals surface area contributed by atoms with Crippen LogP contribution in [0.2, 0.25) is 0 Å². The number of alkyl halides is 5. The van der Waals surface area contributed by atoms with Gasteiger partial charge in [-0.3, -0.25) is 4.79 Å². The number of rotatable bonds is 5. The number of hydrogen-bond donors (Lipinski definition) is 1. The smallest absolute Gasteiger partial charge is 0.490 e. The van der Waals surface area contributed by atoms with E-state index in [-0.39, 0.29) is 11.7 Å². The van der Waals surface area contributed by atoms with Gasteiger partial charge in [0.2, 0.25) is 0 Å². The van der Waals surface area contributed by atoms with Crippen LogP contribution in [0.3, 0.4) is 0 Å². The van der Waals surface area contributed by atoms with Crippen LogP contribution >= 0.6 is 0 Å². The van der Waals surface area contributed by atoms with Crippen molar-refractivity contribution in [2.75, 3.05) is 18.0 Å². The van der Waals surface area contributed by atoms with E-state index in [1.54, 1.807) is 18.3 Å². The lowest BCUT2D eigenvalue weighted by atomic mass is 10.1. The van der Waals surface area contributed by atoms with Crippen LogP contribution in [0, 0.1) is 0 Å². The van der Waals surface area contributed by atoms with Gasteiger partial charge in [-0.15, -0.1) is 0 Å². The highest BCUT2D eigenvalue weighted by atomic mass is 19.4. The summed E-state index contributed by atoms with van der Waals surface area (Å²) in [6, 6.07) is 8.01. The van der Waals surface area contributed by atoms with E-state index in [0.717, 1.165) is 12.1 Å². The van der Waals surface area contributed by atoms with Gasteiger partial charge in [0.25, 0.3) is 5.56 Å². The summed E-state index contributed by atoms with van der Waals surface area (Å²) < 4.78 is 71.7. The SMILES string of the molecule is O=c1[nH]cccc1N1CCC(Oc2ccc(OC(F)(F)C(F)(F)F)cc2)CC1. The first-order valence-electron chi connectivity index (χ1n) is 8.49. The van der Waals surface area contributed by atoms with Gasteiger partial charge >= 0.3 is 12.3 Å². The van der Waals surface area contributed by atoms with Gasteiger partial charge in [0.05, 0.1) is 0 Å². The van der Waals surface area contributed by atoms with Crippen molar-refractivity contribution in [2.45, 2.75) is 31.2 Å². The van der Waals surface area contributed by atoms with Crippen LogP contribution in [-0.2, 0) is 0 Å². The number of nitrogens with one attached hydrogen (secondary N) is 1. The fourth-order valence-electron chi connectivity index (χ4n) is 2.86. The highest BCUT2D eigenvalue weighted by Crippen LogP contribution is 2.37. The predicted octanol–water partition coefficient (Wildman–Crippen LogP) is 3.96. The van der Waals surface area contributed by atoms with Crippen LogP contribution in [0.15, 0.2) is 47.4 Å². The van der Waals surface area contributed by atoms with Crippen LogP contribution in [0.25, 0.3) is 0 Å². The summed E-state index contributed by atoms with van der Waals surface area (Å²) in [6.07, 6.45) is -8.42. The number of benzene rings is 1. The van der Waals surface area contributed by atoms with Crippen molar-refractivity contribution in [3.8, 4) is 11.5 Å². The molecule has 1 aromatic heterocycles. The first kappa shape index (κ1) is 20.0. The molecule has 152 valence electrons. The zero-order valence-electron chi connectivity index (χ0n) is 14.5. The number of hydrogen-bond acceptors (Lipinski definition) is 4. The average Bonchev–Trinajstić information content (AvgIpc) is 2.63. The second-order valence-electron chi connectivity index (χ2n) is 6.28. The third kappa shape index (κ3) is 4.55. The summed E-state index contributed by atoms with van der Waals surface area (Å²) in [7, 11) is 0. The van der Waals surface area contributed by atoms with Crippen molar-refractivity contribution in [2.24, 2.45) is 0 Å². The molecular weight excluding hydrogens is 387 g/mol. The lowest BCUT2D eigenvalue weighted by Crippen LogP contribution is -2.41. The minimum Gasteiger partial charge on any atom is -0.490 e. The summed E-state index contributed by atoms with van der Waals surface area (Å²) in [5.74, 6) is -0.286. The molecule has 2 heterocycles. The van der Waals surface area contributed by atoms with Gasteiger partial charge in [-0.05, 0) is 36.4 Å². The Morgan fingerprint density at radius 1 is 0.964 bits per heavy atom. The zero-order valence-corrected chi connectivity index (χ0v) is 14.5. The summed E-state index contributed by atoms with van der Waals surface area (Å²) in [5, 5.41) is 0. The molecule has 1 aromatic carbocycles. The van der Waals surface area contributed by atoms with Crippen molar-refractivity contribution in [1.82, 2.24) is 4.98 Å². The minimum absolute atomic E-state index is 0.164. The van der Waals surface area contributed by atoms with Gasteiger partial charge in [-0.25, -0.2) is 0 Å². The molecule has 1 aliphatic heterocycles. The van der Waals surface area contributed by atoms with Gasteiger partial charge in [0.1, 0.15) is 23.3 Å². The van der Waals surface area contributed by atoms with Crippen molar-refractivity contribution < 1.29 is 31.4 Å². The van der Waals surface area contributed by atoms with Crippen LogP contribution in [0.4, 0.5) is 27.6 Å². The summed E-state index contributed by atoms with van der Waals surface area (Å²) in [6.45, 7) is 1.19. The van der Waals surface area contributed by atoms with E-state index in [1.165, 1.54) is 12.1 Å². The van der Waals surface area contributed by atoms with Gasteiger partial charge in [-0.2, -0.15) is 22.0 Å². The molecule has 0 radical (unpaired) electrons. The maximum Gasteiger partial charge on any atom is 0.499 e. The molecule has 0 atom stereocenters. The standard InChI is InChI=1S/C18H17F5N2O3/c19-17(20,21)18(22,23)28-14-5-3-12(4-6-14)27-13-7-10-25(11-8-13)15-2-1-9-24-16(15)26/h1-6,9,13H,7-8,10-11H2,(H,24,26). The number of halogens is 5. The fraction of sp³-hybridized carbons (Fsp3) is 0.389. The van der Waals surface area contributed by atoms with Gasteiger partial charge in [0.15, 0.2) is 0 Å². The lowest BCUT2D eigenvalue weighted by molar-refractivity contribution is -0.360. The summed E-state index contributed by atoms with van der Waals surface area (Å²) in [5.41, 5.74) is 0.404. The van der Waals surface area contributed by atoms with Crippen LogP contribution < -0.4 is 19.9 Å². The summed E-state index contributed by atoms with van der Waals surface area (Å²) in [4.78, 5) is 16.4. The van der Waals surface area contributed by atoms with E-state index in [2.05, 4.69) is 9.72 Å². The molecule has 0 saturated carbocycles. The fourth-order valence-corrected chi connectivity index (χ4v) is 2.86. The Hall–Kier alpha value is -2.78. The van der Waals surface area contributed by atoms with Gasteiger partial charge < -0.3 is 19.4 Å². The Morgan fingerprint density at radius 3 is 2.14 bits per heavy atom. The Morgan fingerprint density at radius 2 is 1.57 bits per heavy atom. The molecule has 0 aliphatic carbocycles. The van der Waals surface area contributed by atoms with Gasteiger partial charge in [0, 0.05) is 32.1 Å². The molecule has 0 spiro atoms. The number of piperidine rings is 1. The van der Waals surface area contributed by atoms with E-state index < -0.39 is 18.0 Å². The quantitative estimate of drug-likeness (QED) is 0.767. The molecule has 3 rings (SSSR count). The molecule has 1 fully saturated rings. The number of ether oxygens (including phenoxy) is 2. The molecule has 1 N–H and O–H groups in total. The Bertz CT molecular complexity index is 843. The van der Waals surface area contributed by atoms with Crippen molar-refractivity contribution in [3.63, 3.8) is 0 Å². The number of H-pyrrole nitrogens is 1. The maximum atomic E-state index is 12.9. The lowest BCUT2D eigenvalue weighted by Gasteiger charge is -2.33. The van der Waals surface area contributed by atoms with Crippen LogP contribution in [-0.4, -0.2) is 36.5 Å². The Kier molecular flexibility index (Phi) is 5.48. The van der Waals surface area contributed by atoms with Crippen LogP contribution in [0.5, 0.6) is 11.5 Å². The minimum atomic E-state index is -5.80. The Balaban J connectivity index is 1.54. The second-order valence-corrected chi connectivity index (χ2v) is 6.28. The highest BCUT2D eigenvalue weighted by molar-refractivity contribution is 5.44. The molecule has 5 nitrogen and oxygen atoms in total. The molecule has 2 aromatic rings. The second kappa shape index (κ2) is 7.69. The van der Waals surface area contributed by atoms with E-state index in [1.807, 2.05) is 4.90 Å². The first-order valence-corrected chi connectivity index (χ1v) is 8.49. The van der Waals surface area contributed by atoms with E-state index in [9.17, 15) is 26.7 Å². The Labute approximate surface area is 156 Å². The number of aromatic amines is 1. The van der Waals surface area contributed by atoms with E-state index in [0.29, 0.717) is 37.4 Å². The molecule has 28 heavy (non-hydrogen) atoms. The van der Waals surface area contributed by atoms with Crippen molar-refractivity contribution in [3.05, 3.63) is 52.9 Å². The molecule has 1 aliphatic rings. The first-order chi connectivity index (χ1) is 13.2. The van der Waals surface area contributed by atoms with E-state index >= 15 is 0 Å². The molecule has 10 heteroatoms. The summed E-state index contributed by atoms with van der Waals surface area (Å²) >= 11 is 0. The van der Waals surface area contributed by atoms with Crippen molar-refractivity contribution >= 4 is 5.69 Å². The third-order valence-electron chi connectivity index (χ3n) is 4.28. The highest BCUT2D eigenvalue weighted by Gasteiger charge is 2.61. The molecule has 0 unspecified atom stereocenters. The normalized spacial score (nSPS) is 16.1. The molecule has 0 bridgehead atoms. The van der Waals surface area contributed by atoms with Crippen molar-refractivity contribution in [1.29, 1.82) is 0 Å². The topological polar surface area (TPSA) is 54.6 Å². The maximum absolute atomic E-state index is 12.9. The third-order valence-corrected chi connectivity index (χ3v) is 4.28. The number of pyridine rings is 1. The van der Waals surface area contributed by atoms with Crippen LogP contribution in [0.1, 0.15) is 12.8 Å². The van der Waals surface area contributed by atoms with Gasteiger partial charge in [-0.1, -0.05) is 0 Å². The molecular formula is C18H17F5N2O3. The predicted molar refractivity (Wildman–Crippen MR) is 91.0 cm³/mol.